The number of hydrogen-bond acceptors (Lipinski definition) is 1. The van der Waals surface area contributed by atoms with E-state index in [1.807, 2.05) is 0 Å². The van der Waals surface area contributed by atoms with Crippen molar-refractivity contribution in [3.63, 3.8) is 0 Å². The minimum Gasteiger partial charge on any atom is -0.266 e. The van der Waals surface area contributed by atoms with Crippen molar-refractivity contribution < 1.29 is 0 Å². The van der Waals surface area contributed by atoms with Gasteiger partial charge in [0.1, 0.15) is 0 Å². The van der Waals surface area contributed by atoms with E-state index in [4.69, 9.17) is 16.7 Å². The standard InChI is InChI=1S/C16H27ClN2/c1-5-13-9-7-8-10-15(13)19-12(4)16(11(3)18-19)14(17)6-2/h13-15H,5-10H2,1-4H3. The van der Waals surface area contributed by atoms with Crippen LogP contribution in [0.2, 0.25) is 0 Å². The molecular formula is C16H27ClN2. The first-order valence-corrected chi connectivity index (χ1v) is 8.23. The highest BCUT2D eigenvalue weighted by atomic mass is 35.5. The molecule has 19 heavy (non-hydrogen) atoms. The molecule has 1 aliphatic rings. The molecule has 3 atom stereocenters. The SMILES string of the molecule is CCC(Cl)c1c(C)nn(C2CCCCC2CC)c1C. The van der Waals surface area contributed by atoms with Crippen molar-refractivity contribution >= 4 is 11.6 Å². The molecule has 1 aliphatic carbocycles. The van der Waals surface area contributed by atoms with Crippen LogP contribution in [-0.4, -0.2) is 9.78 Å². The van der Waals surface area contributed by atoms with E-state index in [9.17, 15) is 0 Å². The topological polar surface area (TPSA) is 17.8 Å². The Balaban J connectivity index is 2.34. The molecule has 2 rings (SSSR count). The summed E-state index contributed by atoms with van der Waals surface area (Å²) in [5.41, 5.74) is 3.69. The Morgan fingerprint density at radius 2 is 1.95 bits per heavy atom. The van der Waals surface area contributed by atoms with Crippen molar-refractivity contribution in [1.82, 2.24) is 9.78 Å². The fraction of sp³-hybridized carbons (Fsp3) is 0.812. The zero-order valence-corrected chi connectivity index (χ0v) is 13.5. The third kappa shape index (κ3) is 2.84. The number of alkyl halides is 1. The van der Waals surface area contributed by atoms with Crippen LogP contribution in [0.1, 0.15) is 80.7 Å². The van der Waals surface area contributed by atoms with Gasteiger partial charge in [0.05, 0.1) is 17.1 Å². The van der Waals surface area contributed by atoms with Crippen molar-refractivity contribution in [2.75, 3.05) is 0 Å². The smallest absolute Gasteiger partial charge is 0.0643 e. The summed E-state index contributed by atoms with van der Waals surface area (Å²) >= 11 is 6.47. The minimum absolute atomic E-state index is 0.109. The monoisotopic (exact) mass is 282 g/mol. The molecule has 0 N–H and O–H groups in total. The number of nitrogens with zero attached hydrogens (tertiary/aromatic N) is 2. The van der Waals surface area contributed by atoms with Crippen LogP contribution in [0.15, 0.2) is 0 Å². The lowest BCUT2D eigenvalue weighted by molar-refractivity contribution is 0.214. The summed E-state index contributed by atoms with van der Waals surface area (Å²) in [5, 5.41) is 4.94. The molecule has 0 saturated heterocycles. The molecule has 0 bridgehead atoms. The van der Waals surface area contributed by atoms with Gasteiger partial charge in [0.25, 0.3) is 0 Å². The predicted octanol–water partition coefficient (Wildman–Crippen LogP) is 5.33. The van der Waals surface area contributed by atoms with E-state index in [2.05, 4.69) is 32.4 Å². The van der Waals surface area contributed by atoms with E-state index in [0.29, 0.717) is 6.04 Å². The predicted molar refractivity (Wildman–Crippen MR) is 81.9 cm³/mol. The molecule has 3 heteroatoms. The van der Waals surface area contributed by atoms with Crippen LogP contribution in [0, 0.1) is 19.8 Å². The van der Waals surface area contributed by atoms with Crippen LogP contribution >= 0.6 is 11.6 Å². The van der Waals surface area contributed by atoms with E-state index in [-0.39, 0.29) is 5.38 Å². The van der Waals surface area contributed by atoms with E-state index >= 15 is 0 Å². The maximum Gasteiger partial charge on any atom is 0.0643 e. The number of aryl methyl sites for hydroxylation is 1. The summed E-state index contributed by atoms with van der Waals surface area (Å²) in [6, 6.07) is 0.590. The molecule has 1 heterocycles. The molecule has 0 aliphatic heterocycles. The van der Waals surface area contributed by atoms with Crippen LogP contribution < -0.4 is 0 Å². The normalized spacial score (nSPS) is 25.5. The molecule has 0 aromatic carbocycles. The van der Waals surface area contributed by atoms with Gasteiger partial charge in [-0.1, -0.05) is 33.1 Å². The lowest BCUT2D eigenvalue weighted by Crippen LogP contribution is -2.24. The molecule has 1 fully saturated rings. The highest BCUT2D eigenvalue weighted by Gasteiger charge is 2.29. The zero-order chi connectivity index (χ0) is 14.0. The van der Waals surface area contributed by atoms with Crippen LogP contribution in [0.25, 0.3) is 0 Å². The van der Waals surface area contributed by atoms with Crippen LogP contribution in [-0.2, 0) is 0 Å². The molecule has 2 nitrogen and oxygen atoms in total. The number of hydrogen-bond donors (Lipinski definition) is 0. The number of rotatable bonds is 4. The third-order valence-corrected chi connectivity index (χ3v) is 5.29. The van der Waals surface area contributed by atoms with Crippen LogP contribution in [0.5, 0.6) is 0 Å². The summed E-state index contributed by atoms with van der Waals surface area (Å²) in [6.07, 6.45) is 7.58. The second kappa shape index (κ2) is 6.30. The highest BCUT2D eigenvalue weighted by molar-refractivity contribution is 6.20. The van der Waals surface area contributed by atoms with Crippen molar-refractivity contribution in [2.45, 2.75) is 77.6 Å². The van der Waals surface area contributed by atoms with Crippen LogP contribution in [0.4, 0.5) is 0 Å². The molecule has 1 aromatic rings. The summed E-state index contributed by atoms with van der Waals surface area (Å²) in [6.45, 7) is 8.75. The Morgan fingerprint density at radius 1 is 1.26 bits per heavy atom. The zero-order valence-electron chi connectivity index (χ0n) is 12.7. The highest BCUT2D eigenvalue weighted by Crippen LogP contribution is 2.38. The quantitative estimate of drug-likeness (QED) is 0.682. The second-order valence-electron chi connectivity index (χ2n) is 5.92. The lowest BCUT2D eigenvalue weighted by atomic mass is 9.83. The van der Waals surface area contributed by atoms with Gasteiger partial charge in [0.15, 0.2) is 0 Å². The first kappa shape index (κ1) is 14.9. The second-order valence-corrected chi connectivity index (χ2v) is 6.45. The molecule has 1 aromatic heterocycles. The van der Waals surface area contributed by atoms with Gasteiger partial charge in [0.2, 0.25) is 0 Å². The van der Waals surface area contributed by atoms with Crippen molar-refractivity contribution in [3.05, 3.63) is 17.0 Å². The van der Waals surface area contributed by atoms with E-state index in [1.165, 1.54) is 43.4 Å². The lowest BCUT2D eigenvalue weighted by Gasteiger charge is -2.32. The third-order valence-electron chi connectivity index (χ3n) is 4.76. The molecule has 3 unspecified atom stereocenters. The maximum atomic E-state index is 6.47. The average molecular weight is 283 g/mol. The van der Waals surface area contributed by atoms with E-state index in [0.717, 1.165) is 18.0 Å². The average Bonchev–Trinajstić information content (AvgIpc) is 2.73. The number of halogens is 1. The summed E-state index contributed by atoms with van der Waals surface area (Å²) in [7, 11) is 0. The molecule has 0 spiro atoms. The van der Waals surface area contributed by atoms with Crippen molar-refractivity contribution in [2.24, 2.45) is 5.92 Å². The Bertz CT molecular complexity index is 425. The van der Waals surface area contributed by atoms with Gasteiger partial charge in [-0.2, -0.15) is 5.10 Å². The summed E-state index contributed by atoms with van der Waals surface area (Å²) < 4.78 is 2.29. The van der Waals surface area contributed by atoms with Gasteiger partial charge in [-0.15, -0.1) is 11.6 Å². The molecule has 1 saturated carbocycles. The first-order chi connectivity index (χ1) is 9.10. The molecular weight excluding hydrogens is 256 g/mol. The van der Waals surface area contributed by atoms with Gasteiger partial charge >= 0.3 is 0 Å². The van der Waals surface area contributed by atoms with Crippen molar-refractivity contribution in [1.29, 1.82) is 0 Å². The van der Waals surface area contributed by atoms with Gasteiger partial charge in [-0.25, -0.2) is 0 Å². The van der Waals surface area contributed by atoms with Crippen molar-refractivity contribution in [3.8, 4) is 0 Å². The fourth-order valence-electron chi connectivity index (χ4n) is 3.64. The van der Waals surface area contributed by atoms with E-state index in [1.54, 1.807) is 0 Å². The van der Waals surface area contributed by atoms with Gasteiger partial charge < -0.3 is 0 Å². The Labute approximate surface area is 122 Å². The molecule has 0 radical (unpaired) electrons. The first-order valence-electron chi connectivity index (χ1n) is 7.79. The fourth-order valence-corrected chi connectivity index (χ4v) is 3.96. The van der Waals surface area contributed by atoms with Gasteiger partial charge in [-0.3, -0.25) is 4.68 Å². The Morgan fingerprint density at radius 3 is 2.58 bits per heavy atom. The summed E-state index contributed by atoms with van der Waals surface area (Å²) in [5.74, 6) is 0.787. The maximum absolute atomic E-state index is 6.47. The summed E-state index contributed by atoms with van der Waals surface area (Å²) in [4.78, 5) is 0. The largest absolute Gasteiger partial charge is 0.266 e. The van der Waals surface area contributed by atoms with Gasteiger partial charge in [-0.05, 0) is 39.0 Å². The Hall–Kier alpha value is -0.500. The van der Waals surface area contributed by atoms with E-state index < -0.39 is 0 Å². The van der Waals surface area contributed by atoms with Crippen LogP contribution in [0.3, 0.4) is 0 Å². The minimum atomic E-state index is 0.109. The molecule has 108 valence electrons. The Kier molecular flexibility index (Phi) is 4.94. The molecule has 0 amide bonds. The number of aromatic nitrogens is 2. The van der Waals surface area contributed by atoms with Gasteiger partial charge in [0, 0.05) is 11.3 Å².